The molecule has 0 atom stereocenters. The predicted molar refractivity (Wildman–Crippen MR) is 111 cm³/mol. The lowest BCUT2D eigenvalue weighted by Gasteiger charge is -2.09. The number of aromatic nitrogens is 3. The van der Waals surface area contributed by atoms with E-state index in [2.05, 4.69) is 6.92 Å². The molecule has 5 rings (SSSR count). The van der Waals surface area contributed by atoms with Crippen molar-refractivity contribution in [2.24, 2.45) is 0 Å². The quantitative estimate of drug-likeness (QED) is 0.396. The van der Waals surface area contributed by atoms with Gasteiger partial charge in [-0.2, -0.15) is 5.10 Å². The first kappa shape index (κ1) is 16.6. The van der Waals surface area contributed by atoms with Crippen LogP contribution in [0.1, 0.15) is 12.6 Å². The zero-order valence-corrected chi connectivity index (χ0v) is 15.4. The van der Waals surface area contributed by atoms with E-state index >= 15 is 0 Å². The van der Waals surface area contributed by atoms with Crippen LogP contribution >= 0.6 is 0 Å². The Kier molecular flexibility index (Phi) is 3.90. The van der Waals surface area contributed by atoms with E-state index in [1.165, 1.54) is 6.07 Å². The molecule has 28 heavy (non-hydrogen) atoms. The van der Waals surface area contributed by atoms with Crippen molar-refractivity contribution in [3.63, 3.8) is 0 Å². The average Bonchev–Trinajstić information content (AvgIpc) is 3.14. The fourth-order valence-corrected chi connectivity index (χ4v) is 3.73. The van der Waals surface area contributed by atoms with Crippen LogP contribution in [0.15, 0.2) is 79.0 Å². The number of aryl methyl sites for hydroxylation is 1. The molecule has 0 aliphatic carbocycles. The van der Waals surface area contributed by atoms with Crippen molar-refractivity contribution < 1.29 is 4.39 Å². The van der Waals surface area contributed by atoms with Gasteiger partial charge in [0, 0.05) is 22.8 Å². The molecule has 0 bridgehead atoms. The van der Waals surface area contributed by atoms with E-state index in [9.17, 15) is 4.39 Å². The number of hydrogen-bond acceptors (Lipinski definition) is 2. The van der Waals surface area contributed by atoms with E-state index in [0.29, 0.717) is 5.39 Å². The summed E-state index contributed by atoms with van der Waals surface area (Å²) in [4.78, 5) is 4.79. The summed E-state index contributed by atoms with van der Waals surface area (Å²) < 4.78 is 16.3. The van der Waals surface area contributed by atoms with Gasteiger partial charge in [0.1, 0.15) is 11.5 Å². The number of rotatable bonds is 3. The number of fused-ring (bicyclic) bond motifs is 2. The highest BCUT2D eigenvalue weighted by Crippen LogP contribution is 2.38. The van der Waals surface area contributed by atoms with Crippen molar-refractivity contribution in [2.45, 2.75) is 13.3 Å². The van der Waals surface area contributed by atoms with E-state index in [1.54, 1.807) is 0 Å². The van der Waals surface area contributed by atoms with Crippen LogP contribution in [0.3, 0.4) is 0 Å². The van der Waals surface area contributed by atoms with Crippen LogP contribution in [-0.2, 0) is 6.42 Å². The van der Waals surface area contributed by atoms with Gasteiger partial charge in [-0.25, -0.2) is 8.91 Å². The van der Waals surface area contributed by atoms with Gasteiger partial charge >= 0.3 is 0 Å². The van der Waals surface area contributed by atoms with Crippen LogP contribution in [0, 0.1) is 5.82 Å². The summed E-state index contributed by atoms with van der Waals surface area (Å²) in [7, 11) is 0. The molecule has 136 valence electrons. The number of pyridine rings is 2. The minimum absolute atomic E-state index is 0.219. The minimum atomic E-state index is -0.219. The molecule has 3 nitrogen and oxygen atoms in total. The van der Waals surface area contributed by atoms with Gasteiger partial charge in [-0.1, -0.05) is 49.4 Å². The lowest BCUT2D eigenvalue weighted by atomic mass is 9.95. The Morgan fingerprint density at radius 2 is 1.68 bits per heavy atom. The maximum absolute atomic E-state index is 14.4. The fourth-order valence-electron chi connectivity index (χ4n) is 3.73. The molecule has 3 heterocycles. The molecular weight excluding hydrogens is 349 g/mol. The molecule has 5 aromatic rings. The molecule has 4 heteroatoms. The van der Waals surface area contributed by atoms with Crippen molar-refractivity contribution in [3.8, 4) is 22.5 Å². The van der Waals surface area contributed by atoms with Crippen LogP contribution in [-0.4, -0.2) is 14.6 Å². The van der Waals surface area contributed by atoms with Gasteiger partial charge in [0.05, 0.1) is 11.2 Å². The van der Waals surface area contributed by atoms with Gasteiger partial charge in [0.25, 0.3) is 0 Å². The number of benzene rings is 2. The molecule has 2 aromatic carbocycles. The Morgan fingerprint density at radius 1 is 0.857 bits per heavy atom. The van der Waals surface area contributed by atoms with Crippen molar-refractivity contribution in [1.82, 2.24) is 14.6 Å². The molecule has 0 aliphatic heterocycles. The molecule has 0 unspecified atom stereocenters. The molecular formula is C24H18FN3. The third-order valence-corrected chi connectivity index (χ3v) is 5.09. The third-order valence-electron chi connectivity index (χ3n) is 5.09. The Bertz CT molecular complexity index is 1320. The normalized spacial score (nSPS) is 11.4. The number of halogens is 1. The lowest BCUT2D eigenvalue weighted by molar-refractivity contribution is 0.640. The summed E-state index contributed by atoms with van der Waals surface area (Å²) >= 11 is 0. The van der Waals surface area contributed by atoms with Crippen LogP contribution < -0.4 is 0 Å². The second kappa shape index (κ2) is 6.57. The summed E-state index contributed by atoms with van der Waals surface area (Å²) in [6.07, 6.45) is 2.79. The Balaban J connectivity index is 1.89. The Morgan fingerprint density at radius 3 is 2.54 bits per heavy atom. The molecule has 0 saturated carbocycles. The van der Waals surface area contributed by atoms with Gasteiger partial charge in [0.2, 0.25) is 0 Å². The van der Waals surface area contributed by atoms with E-state index in [1.807, 2.05) is 77.4 Å². The van der Waals surface area contributed by atoms with Gasteiger partial charge in [-0.15, -0.1) is 0 Å². The molecule has 0 saturated heterocycles. The summed E-state index contributed by atoms with van der Waals surface area (Å²) in [5.74, 6) is -0.219. The average molecular weight is 367 g/mol. The number of nitrogens with zero attached hydrogens (tertiary/aromatic N) is 3. The topological polar surface area (TPSA) is 30.2 Å². The highest BCUT2D eigenvalue weighted by Gasteiger charge is 2.19. The molecule has 0 fully saturated rings. The van der Waals surface area contributed by atoms with E-state index in [0.717, 1.165) is 45.5 Å². The van der Waals surface area contributed by atoms with Gasteiger partial charge < -0.3 is 0 Å². The molecule has 3 aromatic heterocycles. The highest BCUT2D eigenvalue weighted by atomic mass is 19.1. The summed E-state index contributed by atoms with van der Waals surface area (Å²) in [6, 6.07) is 22.9. The Labute approximate surface area is 162 Å². The first-order valence-electron chi connectivity index (χ1n) is 9.37. The largest absolute Gasteiger partial charge is 0.251 e. The van der Waals surface area contributed by atoms with Crippen molar-refractivity contribution in [1.29, 1.82) is 0 Å². The number of hydrogen-bond donors (Lipinski definition) is 0. The monoisotopic (exact) mass is 367 g/mol. The standard InChI is InChI=1S/C24H18FN3/c1-2-16-8-7-11-21(26-16)24-23(22-12-5-6-15-28(22)27-24)19-13-14-20(25)18-10-4-3-9-17(18)19/h3-15H,2H2,1H3. The second-order valence-electron chi connectivity index (χ2n) is 6.76. The second-order valence-corrected chi connectivity index (χ2v) is 6.76. The van der Waals surface area contributed by atoms with Crippen LogP contribution in [0.25, 0.3) is 38.8 Å². The maximum Gasteiger partial charge on any atom is 0.131 e. The van der Waals surface area contributed by atoms with E-state index in [-0.39, 0.29) is 5.82 Å². The van der Waals surface area contributed by atoms with Gasteiger partial charge in [-0.05, 0) is 47.7 Å². The zero-order chi connectivity index (χ0) is 19.1. The van der Waals surface area contributed by atoms with Crippen molar-refractivity contribution in [2.75, 3.05) is 0 Å². The first-order chi connectivity index (χ1) is 13.8. The van der Waals surface area contributed by atoms with Crippen LogP contribution in [0.2, 0.25) is 0 Å². The minimum Gasteiger partial charge on any atom is -0.251 e. The van der Waals surface area contributed by atoms with E-state index in [4.69, 9.17) is 10.1 Å². The van der Waals surface area contributed by atoms with Gasteiger partial charge in [-0.3, -0.25) is 4.98 Å². The molecule has 0 spiro atoms. The van der Waals surface area contributed by atoms with Crippen LogP contribution in [0.5, 0.6) is 0 Å². The van der Waals surface area contributed by atoms with Crippen molar-refractivity contribution in [3.05, 3.63) is 90.5 Å². The summed E-state index contributed by atoms with van der Waals surface area (Å²) in [6.45, 7) is 2.09. The molecule has 0 N–H and O–H groups in total. The van der Waals surface area contributed by atoms with Gasteiger partial charge in [0.15, 0.2) is 0 Å². The van der Waals surface area contributed by atoms with Crippen molar-refractivity contribution >= 4 is 16.3 Å². The Hall–Kier alpha value is -3.53. The lowest BCUT2D eigenvalue weighted by Crippen LogP contribution is -1.92. The smallest absolute Gasteiger partial charge is 0.131 e. The zero-order valence-electron chi connectivity index (χ0n) is 15.4. The molecule has 0 amide bonds. The van der Waals surface area contributed by atoms with E-state index < -0.39 is 0 Å². The maximum atomic E-state index is 14.4. The third kappa shape index (κ3) is 2.57. The molecule has 0 aliphatic rings. The first-order valence-corrected chi connectivity index (χ1v) is 9.37. The molecule has 0 radical (unpaired) electrons. The highest BCUT2D eigenvalue weighted by molar-refractivity contribution is 6.04. The van der Waals surface area contributed by atoms with Crippen LogP contribution in [0.4, 0.5) is 4.39 Å². The fraction of sp³-hybridized carbons (Fsp3) is 0.0833. The SMILES string of the molecule is CCc1cccc(-c2nn3ccccc3c2-c2ccc(F)c3ccccc23)n1. The summed E-state index contributed by atoms with van der Waals surface area (Å²) in [5, 5.41) is 6.30. The summed E-state index contributed by atoms with van der Waals surface area (Å²) in [5.41, 5.74) is 5.54. The predicted octanol–water partition coefficient (Wildman–Crippen LogP) is 5.92.